The largest absolute Gasteiger partial charge is 0.419 e. The minimum Gasteiger partial charge on any atom is -0.408 e. The molecule has 5 heteroatoms. The molecule has 0 radical (unpaired) electrons. The van der Waals surface area contributed by atoms with Gasteiger partial charge in [-0.05, 0) is 63.0 Å². The van der Waals surface area contributed by atoms with Crippen LogP contribution in [0.15, 0.2) is 27.4 Å². The van der Waals surface area contributed by atoms with Gasteiger partial charge in [0.15, 0.2) is 5.58 Å². The van der Waals surface area contributed by atoms with Crippen LogP contribution in [0.3, 0.4) is 0 Å². The fourth-order valence-electron chi connectivity index (χ4n) is 2.85. The van der Waals surface area contributed by atoms with Crippen molar-refractivity contribution in [1.82, 2.24) is 9.47 Å². The molecule has 110 valence electrons. The van der Waals surface area contributed by atoms with Crippen LogP contribution in [0.25, 0.3) is 11.1 Å². The van der Waals surface area contributed by atoms with Crippen LogP contribution >= 0.6 is 12.4 Å². The van der Waals surface area contributed by atoms with Crippen LogP contribution in [-0.2, 0) is 13.5 Å². The molecule has 1 saturated heterocycles. The number of aromatic nitrogens is 1. The van der Waals surface area contributed by atoms with Crippen LogP contribution in [-0.4, -0.2) is 29.1 Å². The molecular formula is C15H21ClN2O2. The first-order chi connectivity index (χ1) is 9.24. The van der Waals surface area contributed by atoms with Gasteiger partial charge in [-0.3, -0.25) is 4.57 Å². The summed E-state index contributed by atoms with van der Waals surface area (Å²) in [5.41, 5.74) is 2.82. The molecule has 4 nitrogen and oxygen atoms in total. The molecule has 0 saturated carbocycles. The van der Waals surface area contributed by atoms with Crippen LogP contribution < -0.4 is 5.76 Å². The van der Waals surface area contributed by atoms with Gasteiger partial charge in [-0.25, -0.2) is 4.79 Å². The Hall–Kier alpha value is -1.26. The normalized spacial score (nSPS) is 15.7. The second kappa shape index (κ2) is 6.46. The maximum Gasteiger partial charge on any atom is 0.419 e. The number of nitrogens with zero attached hydrogens (tertiary/aromatic N) is 2. The average Bonchev–Trinajstić information content (AvgIpc) is 3.00. The van der Waals surface area contributed by atoms with Crippen molar-refractivity contribution in [2.24, 2.45) is 7.05 Å². The van der Waals surface area contributed by atoms with Crippen molar-refractivity contribution in [3.8, 4) is 0 Å². The van der Waals surface area contributed by atoms with Gasteiger partial charge in [-0.2, -0.15) is 0 Å². The Morgan fingerprint density at radius 2 is 2.00 bits per heavy atom. The van der Waals surface area contributed by atoms with E-state index in [-0.39, 0.29) is 18.2 Å². The van der Waals surface area contributed by atoms with Crippen LogP contribution in [0.1, 0.15) is 24.8 Å². The molecule has 1 aliphatic rings. The van der Waals surface area contributed by atoms with Crippen molar-refractivity contribution < 1.29 is 4.42 Å². The van der Waals surface area contributed by atoms with Crippen LogP contribution in [0, 0.1) is 0 Å². The second-order valence-electron chi connectivity index (χ2n) is 5.38. The van der Waals surface area contributed by atoms with Crippen molar-refractivity contribution >= 4 is 23.5 Å². The molecule has 1 aromatic carbocycles. The lowest BCUT2D eigenvalue weighted by atomic mass is 10.1. The third-order valence-electron chi connectivity index (χ3n) is 4.00. The van der Waals surface area contributed by atoms with E-state index in [1.54, 1.807) is 11.6 Å². The van der Waals surface area contributed by atoms with Gasteiger partial charge in [0.05, 0.1) is 5.52 Å². The van der Waals surface area contributed by atoms with Crippen molar-refractivity contribution in [3.05, 3.63) is 34.3 Å². The molecule has 0 atom stereocenters. The first-order valence-electron chi connectivity index (χ1n) is 7.05. The highest BCUT2D eigenvalue weighted by atomic mass is 35.5. The first-order valence-corrected chi connectivity index (χ1v) is 7.05. The van der Waals surface area contributed by atoms with E-state index in [9.17, 15) is 4.79 Å². The van der Waals surface area contributed by atoms with Crippen molar-refractivity contribution in [2.45, 2.75) is 25.7 Å². The highest BCUT2D eigenvalue weighted by Crippen LogP contribution is 2.16. The van der Waals surface area contributed by atoms with E-state index in [1.165, 1.54) is 44.5 Å². The monoisotopic (exact) mass is 296 g/mol. The molecule has 1 aromatic heterocycles. The van der Waals surface area contributed by atoms with Gasteiger partial charge in [0.2, 0.25) is 0 Å². The predicted octanol–water partition coefficient (Wildman–Crippen LogP) is 2.58. The maximum atomic E-state index is 11.4. The first kappa shape index (κ1) is 15.1. The van der Waals surface area contributed by atoms with Gasteiger partial charge in [-0.15, -0.1) is 12.4 Å². The van der Waals surface area contributed by atoms with E-state index >= 15 is 0 Å². The summed E-state index contributed by atoms with van der Waals surface area (Å²) in [4.78, 5) is 14.0. The van der Waals surface area contributed by atoms with Gasteiger partial charge >= 0.3 is 5.76 Å². The van der Waals surface area contributed by atoms with Crippen molar-refractivity contribution in [1.29, 1.82) is 0 Å². The minimum atomic E-state index is -0.288. The minimum absolute atomic E-state index is 0. The number of hydrogen-bond donors (Lipinski definition) is 0. The Labute approximate surface area is 124 Å². The van der Waals surface area contributed by atoms with E-state index in [0.717, 1.165) is 11.9 Å². The van der Waals surface area contributed by atoms with Crippen molar-refractivity contribution in [2.75, 3.05) is 19.6 Å². The Bertz CT molecular complexity index is 626. The smallest absolute Gasteiger partial charge is 0.408 e. The number of likely N-dealkylation sites (tertiary alicyclic amines) is 1. The molecule has 0 amide bonds. The summed E-state index contributed by atoms with van der Waals surface area (Å²) in [6.07, 6.45) is 4.91. The summed E-state index contributed by atoms with van der Waals surface area (Å²) in [5, 5.41) is 0. The Kier molecular flexibility index (Phi) is 4.89. The Balaban J connectivity index is 0.00000147. The predicted molar refractivity (Wildman–Crippen MR) is 82.7 cm³/mol. The Morgan fingerprint density at radius 3 is 2.75 bits per heavy atom. The van der Waals surface area contributed by atoms with E-state index in [4.69, 9.17) is 4.42 Å². The standard InChI is InChI=1S/C15H20N2O2.ClH/c1-16-13-7-6-12(11-14(13)19-15(16)18)5-4-10-17-8-2-3-9-17;/h6-7,11H,2-5,8-10H2,1H3;1H. The summed E-state index contributed by atoms with van der Waals surface area (Å²) in [6.45, 7) is 3.69. The van der Waals surface area contributed by atoms with E-state index in [2.05, 4.69) is 11.0 Å². The van der Waals surface area contributed by atoms with Crippen LogP contribution in [0.5, 0.6) is 0 Å². The molecule has 0 N–H and O–H groups in total. The van der Waals surface area contributed by atoms with E-state index < -0.39 is 0 Å². The van der Waals surface area contributed by atoms with Gasteiger partial charge in [0, 0.05) is 7.05 Å². The van der Waals surface area contributed by atoms with Gasteiger partial charge in [0.1, 0.15) is 0 Å². The lowest BCUT2D eigenvalue weighted by Gasteiger charge is -2.13. The summed E-state index contributed by atoms with van der Waals surface area (Å²) >= 11 is 0. The second-order valence-corrected chi connectivity index (χ2v) is 5.38. The maximum absolute atomic E-state index is 11.4. The zero-order chi connectivity index (χ0) is 13.2. The summed E-state index contributed by atoms with van der Waals surface area (Å²) in [5.74, 6) is -0.288. The van der Waals surface area contributed by atoms with E-state index in [1.807, 2.05) is 12.1 Å². The molecule has 1 aliphatic heterocycles. The number of hydrogen-bond acceptors (Lipinski definition) is 3. The number of benzene rings is 1. The van der Waals surface area contributed by atoms with Crippen LogP contribution in [0.4, 0.5) is 0 Å². The molecule has 2 aromatic rings. The molecule has 3 rings (SSSR count). The molecule has 0 aliphatic carbocycles. The SMILES string of the molecule is Cl.Cn1c(=O)oc2cc(CCCN3CCCC3)ccc21. The molecule has 2 heterocycles. The number of rotatable bonds is 4. The fraction of sp³-hybridized carbons (Fsp3) is 0.533. The van der Waals surface area contributed by atoms with Gasteiger partial charge in [0.25, 0.3) is 0 Å². The van der Waals surface area contributed by atoms with Crippen molar-refractivity contribution in [3.63, 3.8) is 0 Å². The average molecular weight is 297 g/mol. The lowest BCUT2D eigenvalue weighted by Crippen LogP contribution is -2.20. The zero-order valence-electron chi connectivity index (χ0n) is 11.8. The lowest BCUT2D eigenvalue weighted by molar-refractivity contribution is 0.334. The quantitative estimate of drug-likeness (QED) is 0.870. The number of fused-ring (bicyclic) bond motifs is 1. The third-order valence-corrected chi connectivity index (χ3v) is 4.00. The molecule has 20 heavy (non-hydrogen) atoms. The highest BCUT2D eigenvalue weighted by Gasteiger charge is 2.11. The van der Waals surface area contributed by atoms with E-state index in [0.29, 0.717) is 5.58 Å². The van der Waals surface area contributed by atoms with Gasteiger partial charge in [-0.1, -0.05) is 6.07 Å². The van der Waals surface area contributed by atoms with Gasteiger partial charge < -0.3 is 9.32 Å². The number of aryl methyl sites for hydroxylation is 2. The highest BCUT2D eigenvalue weighted by molar-refractivity contribution is 5.85. The Morgan fingerprint density at radius 1 is 1.25 bits per heavy atom. The topological polar surface area (TPSA) is 38.4 Å². The fourth-order valence-corrected chi connectivity index (χ4v) is 2.85. The molecular weight excluding hydrogens is 276 g/mol. The molecule has 0 unspecified atom stereocenters. The van der Waals surface area contributed by atoms with Crippen LogP contribution in [0.2, 0.25) is 0 Å². The third kappa shape index (κ3) is 3.07. The number of halogens is 1. The zero-order valence-corrected chi connectivity index (χ0v) is 12.6. The summed E-state index contributed by atoms with van der Waals surface area (Å²) in [6, 6.07) is 6.08. The number of oxazole rings is 1. The summed E-state index contributed by atoms with van der Waals surface area (Å²) in [7, 11) is 1.74. The molecule has 1 fully saturated rings. The molecule has 0 bridgehead atoms. The molecule has 0 spiro atoms. The summed E-state index contributed by atoms with van der Waals surface area (Å²) < 4.78 is 6.76.